The van der Waals surface area contributed by atoms with Crippen LogP contribution in [-0.2, 0) is 22.4 Å². The fourth-order valence-corrected chi connectivity index (χ4v) is 2.59. The molecule has 0 saturated carbocycles. The van der Waals surface area contributed by atoms with E-state index in [1.165, 1.54) is 18.5 Å². The minimum Gasteiger partial charge on any atom is -0.0995 e. The first-order chi connectivity index (χ1) is 4.85. The van der Waals surface area contributed by atoms with Crippen LogP contribution >= 0.6 is 7.92 Å². The molecular weight excluding hydrogens is 336 g/mol. The molecule has 0 heterocycles. The summed E-state index contributed by atoms with van der Waals surface area (Å²) in [5.41, 5.74) is 0. The number of hydrogen-bond donors (Lipinski definition) is 0. The molecule has 0 nitrogen and oxygen atoms in total. The molecule has 0 unspecified atom stereocenters. The van der Waals surface area contributed by atoms with E-state index < -0.39 is 0 Å². The topological polar surface area (TPSA) is 0 Å². The molecule has 11 heavy (non-hydrogen) atoms. The predicted octanol–water partition coefficient (Wildman–Crippen LogP) is 2.76. The fraction of sp³-hybridized carbons (Fsp3) is 0.333. The molecule has 2 heteroatoms. The Morgan fingerprint density at radius 2 is 1.09 bits per heavy atom. The molecule has 0 fully saturated rings. The predicted molar refractivity (Wildman–Crippen MR) is 53.5 cm³/mol. The summed E-state index contributed by atoms with van der Waals surface area (Å²) in [7, 11) is -0.252. The first kappa shape index (κ1) is 13.9. The molecule has 67 valence electrons. The molecule has 0 aliphatic carbocycles. The van der Waals surface area contributed by atoms with Crippen molar-refractivity contribution in [2.75, 3.05) is 18.5 Å². The molecule has 0 N–H and O–H groups in total. The smallest absolute Gasteiger partial charge is 0.0754 e. The number of hydrogen-bond acceptors (Lipinski definition) is 0. The molecule has 0 aliphatic rings. The normalized spacial score (nSPS) is 8.45. The van der Waals surface area contributed by atoms with E-state index >= 15 is 0 Å². The van der Waals surface area contributed by atoms with Crippen molar-refractivity contribution in [1.82, 2.24) is 0 Å². The quantitative estimate of drug-likeness (QED) is 0.392. The molecule has 0 amide bonds. The van der Waals surface area contributed by atoms with Gasteiger partial charge in [0.1, 0.15) is 0 Å². The van der Waals surface area contributed by atoms with Gasteiger partial charge in [-0.25, -0.2) is 0 Å². The summed E-state index contributed by atoms with van der Waals surface area (Å²) in [6.45, 7) is 11.2. The van der Waals surface area contributed by atoms with Crippen LogP contribution in [0.3, 0.4) is 0 Å². The number of rotatable bonds is 6. The van der Waals surface area contributed by atoms with Gasteiger partial charge in [-0.2, -0.15) is 0 Å². The zero-order chi connectivity index (χ0) is 7.82. The van der Waals surface area contributed by atoms with Crippen molar-refractivity contribution in [2.24, 2.45) is 0 Å². The zero-order valence-corrected chi connectivity index (χ0v) is 9.94. The number of allylic oxidation sites excluding steroid dienone is 3. The average Bonchev–Trinajstić information content (AvgIpc) is 1.90. The SMILES string of the molecule is C=CC[PH+](CC=C)CC=C.[Au]. The van der Waals surface area contributed by atoms with Gasteiger partial charge in [-0.15, -0.1) is 0 Å². The van der Waals surface area contributed by atoms with Crippen LogP contribution in [0.4, 0.5) is 0 Å². The third kappa shape index (κ3) is 8.30. The summed E-state index contributed by atoms with van der Waals surface area (Å²) < 4.78 is 0. The Morgan fingerprint density at radius 3 is 1.27 bits per heavy atom. The van der Waals surface area contributed by atoms with Crippen molar-refractivity contribution in [1.29, 1.82) is 0 Å². The van der Waals surface area contributed by atoms with Gasteiger partial charge < -0.3 is 0 Å². The van der Waals surface area contributed by atoms with E-state index in [4.69, 9.17) is 0 Å². The van der Waals surface area contributed by atoms with Crippen LogP contribution in [0.15, 0.2) is 38.0 Å². The van der Waals surface area contributed by atoms with E-state index in [-0.39, 0.29) is 30.3 Å². The van der Waals surface area contributed by atoms with Crippen molar-refractivity contribution in [2.45, 2.75) is 0 Å². The van der Waals surface area contributed by atoms with Gasteiger partial charge in [-0.05, 0) is 0 Å². The van der Waals surface area contributed by atoms with E-state index in [0.717, 1.165) is 0 Å². The molecule has 0 saturated heterocycles. The van der Waals surface area contributed by atoms with Gasteiger partial charge in [0.05, 0.1) is 18.5 Å². The van der Waals surface area contributed by atoms with Crippen molar-refractivity contribution in [3.63, 3.8) is 0 Å². The maximum Gasteiger partial charge on any atom is 0.0754 e. The van der Waals surface area contributed by atoms with Gasteiger partial charge in [-0.3, -0.25) is 0 Å². The van der Waals surface area contributed by atoms with E-state index in [1.54, 1.807) is 0 Å². The monoisotopic (exact) mass is 352 g/mol. The van der Waals surface area contributed by atoms with E-state index in [0.29, 0.717) is 0 Å². The van der Waals surface area contributed by atoms with Crippen LogP contribution in [0.2, 0.25) is 0 Å². The van der Waals surface area contributed by atoms with Crippen LogP contribution in [0.25, 0.3) is 0 Å². The summed E-state index contributed by atoms with van der Waals surface area (Å²) in [6, 6.07) is 0. The second-order valence-corrected chi connectivity index (χ2v) is 4.95. The Kier molecular flexibility index (Phi) is 13.2. The van der Waals surface area contributed by atoms with Crippen LogP contribution in [0.5, 0.6) is 0 Å². The molecule has 0 aliphatic heterocycles. The molecule has 0 rings (SSSR count). The molecule has 0 aromatic carbocycles. The van der Waals surface area contributed by atoms with Crippen LogP contribution in [0, 0.1) is 0 Å². The second kappa shape index (κ2) is 10.4. The minimum atomic E-state index is -0.252. The third-order valence-electron chi connectivity index (χ3n) is 1.30. The Hall–Kier alpha value is 0.390. The van der Waals surface area contributed by atoms with Gasteiger partial charge in [0.2, 0.25) is 0 Å². The molecule has 0 spiro atoms. The minimum absolute atomic E-state index is 0. The van der Waals surface area contributed by atoms with E-state index in [9.17, 15) is 0 Å². The average molecular weight is 352 g/mol. The first-order valence-electron chi connectivity index (χ1n) is 3.51. The maximum atomic E-state index is 3.72. The van der Waals surface area contributed by atoms with Crippen molar-refractivity contribution >= 4 is 7.92 Å². The Labute approximate surface area is 86.7 Å². The zero-order valence-electron chi connectivity index (χ0n) is 6.78. The van der Waals surface area contributed by atoms with Crippen LogP contribution in [0.1, 0.15) is 0 Å². The Balaban J connectivity index is 0. The molecule has 0 aromatic rings. The molecule has 0 aromatic heterocycles. The maximum absolute atomic E-state index is 3.72. The van der Waals surface area contributed by atoms with Gasteiger partial charge in [0.15, 0.2) is 0 Å². The van der Waals surface area contributed by atoms with Crippen molar-refractivity contribution in [3.8, 4) is 0 Å². The largest absolute Gasteiger partial charge is 0.0995 e. The summed E-state index contributed by atoms with van der Waals surface area (Å²) in [4.78, 5) is 0. The van der Waals surface area contributed by atoms with E-state index in [2.05, 4.69) is 19.7 Å². The standard InChI is InChI=1S/C9H15P.Au/c1-4-7-10(8-5-2)9-6-3;/h4-6H,1-3,7-9H2;/p+1. The first-order valence-corrected chi connectivity index (χ1v) is 5.63. The van der Waals surface area contributed by atoms with Gasteiger partial charge in [-0.1, -0.05) is 38.0 Å². The van der Waals surface area contributed by atoms with Gasteiger partial charge in [0, 0.05) is 30.3 Å². The van der Waals surface area contributed by atoms with Gasteiger partial charge in [0.25, 0.3) is 0 Å². The Morgan fingerprint density at radius 1 is 0.818 bits per heavy atom. The fourth-order valence-electron chi connectivity index (χ4n) is 0.862. The van der Waals surface area contributed by atoms with E-state index in [1.807, 2.05) is 18.2 Å². The molecule has 0 bridgehead atoms. The van der Waals surface area contributed by atoms with Crippen LogP contribution in [-0.4, -0.2) is 18.5 Å². The molecular formula is C9H16AuP+. The molecule has 0 atom stereocenters. The second-order valence-electron chi connectivity index (χ2n) is 2.23. The summed E-state index contributed by atoms with van der Waals surface area (Å²) in [5.74, 6) is 0. The van der Waals surface area contributed by atoms with Crippen LogP contribution < -0.4 is 0 Å². The third-order valence-corrected chi connectivity index (χ3v) is 3.90. The van der Waals surface area contributed by atoms with Crippen molar-refractivity contribution in [3.05, 3.63) is 38.0 Å². The molecule has 1 radical (unpaired) electrons. The Bertz CT molecular complexity index is 97.0. The summed E-state index contributed by atoms with van der Waals surface area (Å²) in [6.07, 6.45) is 9.51. The van der Waals surface area contributed by atoms with Crippen molar-refractivity contribution < 1.29 is 22.4 Å². The summed E-state index contributed by atoms with van der Waals surface area (Å²) in [5, 5.41) is 0. The summed E-state index contributed by atoms with van der Waals surface area (Å²) >= 11 is 0. The van der Waals surface area contributed by atoms with Gasteiger partial charge >= 0.3 is 0 Å².